The van der Waals surface area contributed by atoms with E-state index >= 15 is 0 Å². The Morgan fingerprint density at radius 2 is 1.78 bits per heavy atom. The van der Waals surface area contributed by atoms with Gasteiger partial charge in [-0.2, -0.15) is 0 Å². The fourth-order valence-corrected chi connectivity index (χ4v) is 4.47. The Morgan fingerprint density at radius 1 is 1.11 bits per heavy atom. The van der Waals surface area contributed by atoms with Crippen molar-refractivity contribution < 1.29 is 14.4 Å². The molecule has 0 aliphatic carbocycles. The molecule has 9 nitrogen and oxygen atoms in total. The number of aldehydes is 1. The highest BCUT2D eigenvalue weighted by atomic mass is 16.2. The summed E-state index contributed by atoms with van der Waals surface area (Å²) in [5, 5.41) is 5.50. The van der Waals surface area contributed by atoms with E-state index in [1.165, 1.54) is 0 Å². The molecule has 0 radical (unpaired) electrons. The summed E-state index contributed by atoms with van der Waals surface area (Å²) < 4.78 is 1.73. The van der Waals surface area contributed by atoms with Gasteiger partial charge in [-0.25, -0.2) is 4.98 Å². The van der Waals surface area contributed by atoms with Gasteiger partial charge in [-0.15, -0.1) is 0 Å². The molecule has 1 aliphatic heterocycles. The predicted octanol–water partition coefficient (Wildman–Crippen LogP) is 2.83. The van der Waals surface area contributed by atoms with Crippen LogP contribution in [0.2, 0.25) is 0 Å². The summed E-state index contributed by atoms with van der Waals surface area (Å²) in [5.74, 6) is -0.628. The molecule has 2 heterocycles. The van der Waals surface area contributed by atoms with Gasteiger partial charge >= 0.3 is 0 Å². The average Bonchev–Trinajstić information content (AvgIpc) is 3.54. The first-order valence-corrected chi connectivity index (χ1v) is 12.0. The number of benzene rings is 2. The van der Waals surface area contributed by atoms with Crippen LogP contribution in [0.15, 0.2) is 73.2 Å². The summed E-state index contributed by atoms with van der Waals surface area (Å²) in [7, 11) is 0. The average molecular weight is 489 g/mol. The number of rotatable bonds is 9. The molecule has 4 rings (SSSR count). The van der Waals surface area contributed by atoms with Crippen molar-refractivity contribution in [3.8, 4) is 0 Å². The third-order valence-corrected chi connectivity index (χ3v) is 6.37. The van der Waals surface area contributed by atoms with E-state index in [0.717, 1.165) is 31.4 Å². The van der Waals surface area contributed by atoms with E-state index in [1.54, 1.807) is 55.2 Å². The summed E-state index contributed by atoms with van der Waals surface area (Å²) in [4.78, 5) is 44.5. The fraction of sp³-hybridized carbons (Fsp3) is 0.333. The van der Waals surface area contributed by atoms with Crippen LogP contribution in [-0.2, 0) is 14.4 Å². The fourth-order valence-electron chi connectivity index (χ4n) is 4.47. The van der Waals surface area contributed by atoms with E-state index in [2.05, 4.69) is 20.5 Å². The zero-order chi connectivity index (χ0) is 25.7. The van der Waals surface area contributed by atoms with Gasteiger partial charge in [0.25, 0.3) is 5.91 Å². The number of nitrogens with two attached hydrogens (primary N) is 1. The largest absolute Gasteiger partial charge is 0.366 e. The van der Waals surface area contributed by atoms with Gasteiger partial charge < -0.3 is 30.6 Å². The predicted molar refractivity (Wildman–Crippen MR) is 138 cm³/mol. The van der Waals surface area contributed by atoms with Crippen LogP contribution in [0, 0.1) is 0 Å². The molecule has 36 heavy (non-hydrogen) atoms. The lowest BCUT2D eigenvalue weighted by molar-refractivity contribution is -0.129. The number of nitrogens with zero attached hydrogens (tertiary/aromatic N) is 3. The number of hydrogen-bond donors (Lipinski definition) is 3. The van der Waals surface area contributed by atoms with Crippen molar-refractivity contribution >= 4 is 29.6 Å². The molecule has 3 atom stereocenters. The third kappa shape index (κ3) is 5.63. The molecule has 1 aromatic heterocycles. The SMILES string of the molecule is CC(C)(N)C(=O)NC(C(=O)Nc1cn(C(C=O)C2CCCN2c2ccccc2)cn1)c1ccccc1. The monoisotopic (exact) mass is 488 g/mol. The maximum atomic E-state index is 13.2. The lowest BCUT2D eigenvalue weighted by Gasteiger charge is -2.31. The highest BCUT2D eigenvalue weighted by molar-refractivity contribution is 5.98. The number of imidazole rings is 1. The molecule has 1 aliphatic rings. The lowest BCUT2D eigenvalue weighted by atomic mass is 10.0. The van der Waals surface area contributed by atoms with Crippen LogP contribution in [0.3, 0.4) is 0 Å². The lowest BCUT2D eigenvalue weighted by Crippen LogP contribution is -2.51. The van der Waals surface area contributed by atoms with Crippen molar-refractivity contribution in [3.05, 3.63) is 78.8 Å². The molecule has 188 valence electrons. The van der Waals surface area contributed by atoms with Gasteiger partial charge in [0.15, 0.2) is 5.82 Å². The molecule has 1 saturated heterocycles. The summed E-state index contributed by atoms with van der Waals surface area (Å²) >= 11 is 0. The molecule has 4 N–H and O–H groups in total. The molecule has 9 heteroatoms. The van der Waals surface area contributed by atoms with Crippen molar-refractivity contribution in [2.45, 2.75) is 50.4 Å². The molecule has 2 aromatic carbocycles. The van der Waals surface area contributed by atoms with Crippen LogP contribution in [-0.4, -0.2) is 45.8 Å². The smallest absolute Gasteiger partial charge is 0.252 e. The number of nitrogens with one attached hydrogen (secondary N) is 2. The maximum Gasteiger partial charge on any atom is 0.252 e. The van der Waals surface area contributed by atoms with E-state index in [0.29, 0.717) is 11.4 Å². The van der Waals surface area contributed by atoms with E-state index in [9.17, 15) is 14.4 Å². The first-order chi connectivity index (χ1) is 17.3. The normalized spacial score (nSPS) is 17.3. The standard InChI is InChI=1S/C27H32N6O3/c1-27(2,28)26(36)31-24(19-10-5-3-6-11-19)25(35)30-23-16-32(18-29-23)22(17-34)21-14-9-15-33(21)20-12-7-4-8-13-20/h3-8,10-13,16-18,21-22,24H,9,14-15,28H2,1-2H3,(H,30,35)(H,31,36). The Balaban J connectivity index is 1.52. The zero-order valence-corrected chi connectivity index (χ0v) is 20.5. The topological polar surface area (TPSA) is 122 Å². The Bertz CT molecular complexity index is 1190. The van der Waals surface area contributed by atoms with Gasteiger partial charge in [0.2, 0.25) is 5.91 Å². The second-order valence-corrected chi connectivity index (χ2v) is 9.60. The van der Waals surface area contributed by atoms with Crippen molar-refractivity contribution in [3.63, 3.8) is 0 Å². The van der Waals surface area contributed by atoms with Crippen molar-refractivity contribution in [2.24, 2.45) is 5.73 Å². The second kappa shape index (κ2) is 10.7. The van der Waals surface area contributed by atoms with Gasteiger partial charge in [-0.05, 0) is 44.4 Å². The number of amides is 2. The summed E-state index contributed by atoms with van der Waals surface area (Å²) in [6.45, 7) is 4.02. The van der Waals surface area contributed by atoms with Crippen molar-refractivity contribution in [1.82, 2.24) is 14.9 Å². The Morgan fingerprint density at radius 3 is 2.42 bits per heavy atom. The Labute approximate surface area is 210 Å². The summed E-state index contributed by atoms with van der Waals surface area (Å²) in [5.41, 5.74) is 6.46. The molecule has 3 unspecified atom stereocenters. The number of anilines is 2. The minimum Gasteiger partial charge on any atom is -0.366 e. The van der Waals surface area contributed by atoms with Crippen LogP contribution >= 0.6 is 0 Å². The van der Waals surface area contributed by atoms with Gasteiger partial charge in [0.05, 0.1) is 17.9 Å². The van der Waals surface area contributed by atoms with E-state index in [1.807, 2.05) is 36.4 Å². The van der Waals surface area contributed by atoms with E-state index in [4.69, 9.17) is 5.73 Å². The molecule has 0 saturated carbocycles. The van der Waals surface area contributed by atoms with Gasteiger partial charge in [-0.3, -0.25) is 9.59 Å². The highest BCUT2D eigenvalue weighted by Crippen LogP contribution is 2.31. The number of para-hydroxylation sites is 1. The third-order valence-electron chi connectivity index (χ3n) is 6.37. The molecule has 0 bridgehead atoms. The van der Waals surface area contributed by atoms with Crippen molar-refractivity contribution in [2.75, 3.05) is 16.8 Å². The molecule has 3 aromatic rings. The van der Waals surface area contributed by atoms with Crippen LogP contribution in [0.5, 0.6) is 0 Å². The molecule has 1 fully saturated rings. The van der Waals surface area contributed by atoms with Gasteiger partial charge in [0.1, 0.15) is 18.4 Å². The van der Waals surface area contributed by atoms with E-state index in [-0.39, 0.29) is 6.04 Å². The van der Waals surface area contributed by atoms with Crippen molar-refractivity contribution in [1.29, 1.82) is 0 Å². The van der Waals surface area contributed by atoms with E-state index < -0.39 is 29.4 Å². The molecular formula is C27H32N6O3. The highest BCUT2D eigenvalue weighted by Gasteiger charge is 2.33. The number of carbonyl (C=O) groups excluding carboxylic acids is 3. The first kappa shape index (κ1) is 25.1. The van der Waals surface area contributed by atoms with Crippen LogP contribution in [0.4, 0.5) is 11.5 Å². The number of aromatic nitrogens is 2. The van der Waals surface area contributed by atoms with Crippen LogP contribution in [0.1, 0.15) is 44.3 Å². The summed E-state index contributed by atoms with van der Waals surface area (Å²) in [6, 6.07) is 17.5. The number of hydrogen-bond acceptors (Lipinski definition) is 6. The second-order valence-electron chi connectivity index (χ2n) is 9.60. The quantitative estimate of drug-likeness (QED) is 0.398. The van der Waals surface area contributed by atoms with Crippen LogP contribution in [0.25, 0.3) is 0 Å². The Hall–Kier alpha value is -3.98. The first-order valence-electron chi connectivity index (χ1n) is 12.0. The van der Waals surface area contributed by atoms with Crippen LogP contribution < -0.4 is 21.3 Å². The molecule has 0 spiro atoms. The van der Waals surface area contributed by atoms with Gasteiger partial charge in [-0.1, -0.05) is 48.5 Å². The zero-order valence-electron chi connectivity index (χ0n) is 20.5. The molecule has 2 amide bonds. The Kier molecular flexibility index (Phi) is 7.49. The summed E-state index contributed by atoms with van der Waals surface area (Å²) in [6.07, 6.45) is 5.98. The maximum absolute atomic E-state index is 13.2. The minimum absolute atomic E-state index is 0.0224. The minimum atomic E-state index is -1.15. The molecular weight excluding hydrogens is 456 g/mol. The number of carbonyl (C=O) groups is 3. The van der Waals surface area contributed by atoms with Gasteiger partial charge in [0, 0.05) is 18.4 Å².